The summed E-state index contributed by atoms with van der Waals surface area (Å²) >= 11 is 0. The van der Waals surface area contributed by atoms with Gasteiger partial charge >= 0.3 is 0 Å². The predicted molar refractivity (Wildman–Crippen MR) is 60.4 cm³/mol. The van der Waals surface area contributed by atoms with Gasteiger partial charge in [0.2, 0.25) is 5.91 Å². The normalized spacial score (nSPS) is 10.9. The third-order valence-corrected chi connectivity index (χ3v) is 2.32. The van der Waals surface area contributed by atoms with Gasteiger partial charge in [0.25, 0.3) is 0 Å². The van der Waals surface area contributed by atoms with Gasteiger partial charge in [-0.15, -0.1) is 0 Å². The Morgan fingerprint density at radius 2 is 2.20 bits per heavy atom. The van der Waals surface area contributed by atoms with E-state index in [9.17, 15) is 4.79 Å². The molecule has 1 aromatic heterocycles. The van der Waals surface area contributed by atoms with Crippen molar-refractivity contribution in [2.45, 2.75) is 20.8 Å². The molecular formula is C11H17N3O. The van der Waals surface area contributed by atoms with Crippen molar-refractivity contribution >= 4 is 12.0 Å². The molecule has 15 heavy (non-hydrogen) atoms. The van der Waals surface area contributed by atoms with Crippen molar-refractivity contribution < 1.29 is 4.79 Å². The number of aryl methyl sites for hydroxylation is 2. The van der Waals surface area contributed by atoms with Crippen molar-refractivity contribution in [1.82, 2.24) is 15.1 Å². The second kappa shape index (κ2) is 4.77. The number of rotatable bonds is 3. The number of nitrogens with zero attached hydrogens (tertiary/aromatic N) is 2. The van der Waals surface area contributed by atoms with E-state index >= 15 is 0 Å². The molecule has 1 aromatic rings. The average molecular weight is 207 g/mol. The van der Waals surface area contributed by atoms with Crippen LogP contribution in [0.15, 0.2) is 6.08 Å². The number of hydrogen-bond donors (Lipinski definition) is 1. The Kier molecular flexibility index (Phi) is 3.66. The maximum absolute atomic E-state index is 10.6. The maximum atomic E-state index is 10.6. The Morgan fingerprint density at radius 3 is 2.67 bits per heavy atom. The second-order valence-corrected chi connectivity index (χ2v) is 3.55. The van der Waals surface area contributed by atoms with E-state index in [1.165, 1.54) is 6.92 Å². The van der Waals surface area contributed by atoms with Crippen LogP contribution in [0.5, 0.6) is 0 Å². The van der Waals surface area contributed by atoms with Gasteiger partial charge in [-0.2, -0.15) is 5.10 Å². The summed E-state index contributed by atoms with van der Waals surface area (Å²) in [5.41, 5.74) is 3.27. The first-order valence-corrected chi connectivity index (χ1v) is 4.93. The van der Waals surface area contributed by atoms with Crippen LogP contribution >= 0.6 is 0 Å². The molecule has 0 atom stereocenters. The molecule has 0 unspecified atom stereocenters. The lowest BCUT2D eigenvalue weighted by Crippen LogP contribution is -2.19. The number of nitrogens with one attached hydrogen (secondary N) is 1. The topological polar surface area (TPSA) is 46.9 Å². The number of carbonyl (C=O) groups excluding carboxylic acids is 1. The minimum absolute atomic E-state index is 0.0146. The molecule has 0 aromatic carbocycles. The highest BCUT2D eigenvalue weighted by Gasteiger charge is 2.04. The van der Waals surface area contributed by atoms with Gasteiger partial charge in [-0.05, 0) is 13.8 Å². The van der Waals surface area contributed by atoms with E-state index in [1.54, 1.807) is 0 Å². The van der Waals surface area contributed by atoms with Crippen molar-refractivity contribution in [1.29, 1.82) is 0 Å². The van der Waals surface area contributed by atoms with Crippen LogP contribution in [0.2, 0.25) is 0 Å². The molecule has 0 radical (unpaired) electrons. The van der Waals surface area contributed by atoms with Crippen molar-refractivity contribution in [3.05, 3.63) is 23.0 Å². The van der Waals surface area contributed by atoms with E-state index in [4.69, 9.17) is 0 Å². The van der Waals surface area contributed by atoms with E-state index in [0.29, 0.717) is 6.54 Å². The van der Waals surface area contributed by atoms with Crippen LogP contribution in [0.1, 0.15) is 23.9 Å². The van der Waals surface area contributed by atoms with E-state index in [0.717, 1.165) is 17.0 Å². The predicted octanol–water partition coefficient (Wildman–Crippen LogP) is 1.19. The first kappa shape index (κ1) is 11.5. The molecule has 0 aliphatic carbocycles. The highest BCUT2D eigenvalue weighted by atomic mass is 16.1. The standard InChI is InChI=1S/C11H17N3O/c1-8-11(9(2)14(4)13-8)6-5-7-12-10(3)15/h5-6H,7H2,1-4H3,(H,12,15). The van der Waals surface area contributed by atoms with Gasteiger partial charge in [0.1, 0.15) is 0 Å². The zero-order chi connectivity index (χ0) is 11.4. The number of amides is 1. The average Bonchev–Trinajstić information content (AvgIpc) is 2.37. The van der Waals surface area contributed by atoms with Crippen molar-refractivity contribution in [3.63, 3.8) is 0 Å². The molecule has 0 bridgehead atoms. The number of hydrogen-bond acceptors (Lipinski definition) is 2. The highest BCUT2D eigenvalue weighted by Crippen LogP contribution is 2.13. The molecule has 1 N–H and O–H groups in total. The fourth-order valence-corrected chi connectivity index (χ4v) is 1.41. The summed E-state index contributed by atoms with van der Waals surface area (Å²) in [4.78, 5) is 10.6. The van der Waals surface area contributed by atoms with Gasteiger partial charge in [0.15, 0.2) is 0 Å². The van der Waals surface area contributed by atoms with E-state index in [2.05, 4.69) is 10.4 Å². The van der Waals surface area contributed by atoms with Gasteiger partial charge in [-0.25, -0.2) is 0 Å². The fraction of sp³-hybridized carbons (Fsp3) is 0.455. The van der Waals surface area contributed by atoms with Crippen molar-refractivity contribution in [2.75, 3.05) is 6.54 Å². The van der Waals surface area contributed by atoms with Crippen LogP contribution in [-0.2, 0) is 11.8 Å². The summed E-state index contributed by atoms with van der Waals surface area (Å²) in [6.45, 7) is 6.07. The smallest absolute Gasteiger partial charge is 0.217 e. The van der Waals surface area contributed by atoms with Crippen molar-refractivity contribution in [2.24, 2.45) is 7.05 Å². The third-order valence-electron chi connectivity index (χ3n) is 2.32. The molecule has 0 saturated carbocycles. The molecule has 0 spiro atoms. The van der Waals surface area contributed by atoms with Crippen LogP contribution in [0.25, 0.3) is 6.08 Å². The van der Waals surface area contributed by atoms with Gasteiger partial charge in [-0.3, -0.25) is 9.48 Å². The summed E-state index contributed by atoms with van der Waals surface area (Å²) in [7, 11) is 1.92. The SMILES string of the molecule is CC(=O)NCC=Cc1c(C)nn(C)c1C. The summed E-state index contributed by atoms with van der Waals surface area (Å²) in [5, 5.41) is 7.01. The minimum atomic E-state index is -0.0146. The van der Waals surface area contributed by atoms with E-state index < -0.39 is 0 Å². The number of carbonyl (C=O) groups is 1. The molecule has 0 aliphatic heterocycles. The molecule has 1 rings (SSSR count). The zero-order valence-corrected chi connectivity index (χ0v) is 9.66. The minimum Gasteiger partial charge on any atom is -0.353 e. The lowest BCUT2D eigenvalue weighted by molar-refractivity contribution is -0.118. The molecule has 82 valence electrons. The largest absolute Gasteiger partial charge is 0.353 e. The summed E-state index contributed by atoms with van der Waals surface area (Å²) in [5.74, 6) is -0.0146. The second-order valence-electron chi connectivity index (χ2n) is 3.55. The highest BCUT2D eigenvalue weighted by molar-refractivity contribution is 5.73. The fourth-order valence-electron chi connectivity index (χ4n) is 1.41. The van der Waals surface area contributed by atoms with E-state index in [-0.39, 0.29) is 5.91 Å². The van der Waals surface area contributed by atoms with Crippen LogP contribution in [-0.4, -0.2) is 22.2 Å². The number of aromatic nitrogens is 2. The van der Waals surface area contributed by atoms with Crippen LogP contribution in [0.3, 0.4) is 0 Å². The summed E-state index contributed by atoms with van der Waals surface area (Å²) in [6, 6.07) is 0. The van der Waals surface area contributed by atoms with Crippen LogP contribution in [0, 0.1) is 13.8 Å². The van der Waals surface area contributed by atoms with Crippen LogP contribution in [0.4, 0.5) is 0 Å². The van der Waals surface area contributed by atoms with Gasteiger partial charge in [-0.1, -0.05) is 12.2 Å². The monoisotopic (exact) mass is 207 g/mol. The zero-order valence-electron chi connectivity index (χ0n) is 9.66. The Labute approximate surface area is 90.0 Å². The van der Waals surface area contributed by atoms with Gasteiger partial charge in [0, 0.05) is 31.8 Å². The Hall–Kier alpha value is -1.58. The van der Waals surface area contributed by atoms with Gasteiger partial charge in [0.05, 0.1) is 5.69 Å². The molecule has 4 nitrogen and oxygen atoms in total. The first-order chi connectivity index (χ1) is 7.02. The molecule has 1 heterocycles. The first-order valence-electron chi connectivity index (χ1n) is 4.93. The molecular weight excluding hydrogens is 190 g/mol. The maximum Gasteiger partial charge on any atom is 0.217 e. The Balaban J connectivity index is 2.68. The third kappa shape index (κ3) is 2.94. The van der Waals surface area contributed by atoms with Gasteiger partial charge < -0.3 is 5.32 Å². The molecule has 0 saturated heterocycles. The quantitative estimate of drug-likeness (QED) is 0.809. The lowest BCUT2D eigenvalue weighted by Gasteiger charge is -1.96. The van der Waals surface area contributed by atoms with Crippen LogP contribution < -0.4 is 5.32 Å². The lowest BCUT2D eigenvalue weighted by atomic mass is 10.2. The molecule has 0 fully saturated rings. The van der Waals surface area contributed by atoms with Crippen molar-refractivity contribution in [3.8, 4) is 0 Å². The molecule has 4 heteroatoms. The molecule has 0 aliphatic rings. The Morgan fingerprint density at radius 1 is 1.53 bits per heavy atom. The summed E-state index contributed by atoms with van der Waals surface area (Å²) < 4.78 is 1.85. The van der Waals surface area contributed by atoms with E-state index in [1.807, 2.05) is 37.7 Å². The molecule has 1 amide bonds. The summed E-state index contributed by atoms with van der Waals surface area (Å²) in [6.07, 6.45) is 3.92. The Bertz CT molecular complexity index is 391.